The molecule has 0 aromatic rings. The minimum atomic E-state index is -0.769. The number of methoxy groups -OCH3 is 1. The molecule has 7 nitrogen and oxygen atoms in total. The van der Waals surface area contributed by atoms with Crippen LogP contribution < -0.4 is 0 Å². The number of likely N-dealkylation sites (tertiary alicyclic amines) is 1. The van der Waals surface area contributed by atoms with Crippen molar-refractivity contribution in [2.75, 3.05) is 7.11 Å². The highest BCUT2D eigenvalue weighted by molar-refractivity contribution is 6.03. The van der Waals surface area contributed by atoms with E-state index in [1.807, 2.05) is 20.8 Å². The Bertz CT molecular complexity index is 651. The first-order chi connectivity index (χ1) is 11.4. The summed E-state index contributed by atoms with van der Waals surface area (Å²) in [4.78, 5) is 40.2. The van der Waals surface area contributed by atoms with Gasteiger partial charge in [-0.1, -0.05) is 6.08 Å². The number of rotatable bonds is 1. The van der Waals surface area contributed by atoms with Crippen molar-refractivity contribution in [2.24, 2.45) is 5.92 Å². The minimum absolute atomic E-state index is 0.286. The maximum atomic E-state index is 13.0. The number of carbonyl (C=O) groups is 3. The van der Waals surface area contributed by atoms with Crippen LogP contribution in [0, 0.1) is 5.92 Å². The van der Waals surface area contributed by atoms with Gasteiger partial charge in [-0.05, 0) is 41.5 Å². The first-order valence-corrected chi connectivity index (χ1v) is 8.19. The van der Waals surface area contributed by atoms with Crippen molar-refractivity contribution in [1.82, 2.24) is 9.80 Å². The molecule has 0 spiro atoms. The molecule has 0 unspecified atom stereocenters. The standard InChI is InChI=1S/C18H26N2O5/c1-17(2,3)20-13(15(22)25-18(4,5)6)11-8-9-19(16(23)24-7)10-12(11)14(20)21/h8-11,13H,1-7H3/t11-,13+/m0/s1. The van der Waals surface area contributed by atoms with Gasteiger partial charge in [0.05, 0.1) is 7.11 Å². The van der Waals surface area contributed by atoms with Crippen molar-refractivity contribution >= 4 is 18.0 Å². The van der Waals surface area contributed by atoms with Crippen molar-refractivity contribution in [3.8, 4) is 0 Å². The number of amides is 2. The van der Waals surface area contributed by atoms with E-state index in [0.717, 1.165) is 0 Å². The van der Waals surface area contributed by atoms with E-state index in [1.165, 1.54) is 29.3 Å². The Morgan fingerprint density at radius 2 is 1.72 bits per heavy atom. The van der Waals surface area contributed by atoms with Crippen LogP contribution in [0.4, 0.5) is 4.79 Å². The van der Waals surface area contributed by atoms with Gasteiger partial charge in [0.15, 0.2) is 0 Å². The fourth-order valence-corrected chi connectivity index (χ4v) is 3.02. The molecule has 0 aromatic heterocycles. The zero-order chi connectivity index (χ0) is 19.2. The summed E-state index contributed by atoms with van der Waals surface area (Å²) in [5, 5.41) is 0. The summed E-state index contributed by atoms with van der Waals surface area (Å²) in [5.74, 6) is -1.21. The molecule has 2 rings (SSSR count). The highest BCUT2D eigenvalue weighted by Gasteiger charge is 2.53. The van der Waals surface area contributed by atoms with Crippen LogP contribution in [0.1, 0.15) is 41.5 Å². The quantitative estimate of drug-likeness (QED) is 0.679. The Labute approximate surface area is 148 Å². The number of esters is 1. The first kappa shape index (κ1) is 19.0. The van der Waals surface area contributed by atoms with E-state index in [0.29, 0.717) is 5.57 Å². The second-order valence-corrected chi connectivity index (χ2v) is 8.15. The molecule has 0 radical (unpaired) electrons. The van der Waals surface area contributed by atoms with Gasteiger partial charge in [0, 0.05) is 29.4 Å². The lowest BCUT2D eigenvalue weighted by atomic mass is 9.93. The molecule has 2 heterocycles. The van der Waals surface area contributed by atoms with Gasteiger partial charge in [-0.2, -0.15) is 0 Å². The smallest absolute Gasteiger partial charge is 0.417 e. The monoisotopic (exact) mass is 350 g/mol. The average molecular weight is 350 g/mol. The topological polar surface area (TPSA) is 76.2 Å². The molecule has 0 saturated carbocycles. The third kappa shape index (κ3) is 3.70. The molecule has 25 heavy (non-hydrogen) atoms. The normalized spacial score (nSPS) is 23.3. The number of hydrogen-bond acceptors (Lipinski definition) is 5. The molecule has 7 heteroatoms. The number of nitrogens with zero attached hydrogens (tertiary/aromatic N) is 2. The summed E-state index contributed by atoms with van der Waals surface area (Å²) in [7, 11) is 1.27. The Morgan fingerprint density at radius 1 is 1.12 bits per heavy atom. The molecule has 1 saturated heterocycles. The lowest BCUT2D eigenvalue weighted by Crippen LogP contribution is -2.52. The van der Waals surface area contributed by atoms with Crippen LogP contribution in [0.25, 0.3) is 0 Å². The largest absolute Gasteiger partial charge is 0.458 e. The molecule has 0 aliphatic carbocycles. The van der Waals surface area contributed by atoms with Gasteiger partial charge < -0.3 is 14.4 Å². The highest BCUT2D eigenvalue weighted by Crippen LogP contribution is 2.39. The van der Waals surface area contributed by atoms with E-state index >= 15 is 0 Å². The summed E-state index contributed by atoms with van der Waals surface area (Å²) in [6, 6.07) is -0.769. The van der Waals surface area contributed by atoms with E-state index in [9.17, 15) is 14.4 Å². The van der Waals surface area contributed by atoms with E-state index < -0.39 is 35.2 Å². The number of fused-ring (bicyclic) bond motifs is 1. The summed E-state index contributed by atoms with van der Waals surface area (Å²) < 4.78 is 10.2. The third-order valence-corrected chi connectivity index (χ3v) is 3.93. The molecule has 0 bridgehead atoms. The summed E-state index contributed by atoms with van der Waals surface area (Å²) in [6.07, 6.45) is 4.02. The zero-order valence-corrected chi connectivity index (χ0v) is 15.8. The Kier molecular flexibility index (Phi) is 4.72. The molecule has 1 fully saturated rings. The second-order valence-electron chi connectivity index (χ2n) is 8.15. The summed E-state index contributed by atoms with van der Waals surface area (Å²) >= 11 is 0. The predicted octanol–water partition coefficient (Wildman–Crippen LogP) is 2.43. The lowest BCUT2D eigenvalue weighted by Gasteiger charge is -2.37. The number of ether oxygens (including phenoxy) is 2. The van der Waals surface area contributed by atoms with Gasteiger partial charge in [0.1, 0.15) is 11.6 Å². The molecule has 2 aliphatic heterocycles. The molecule has 2 aliphatic rings. The Morgan fingerprint density at radius 3 is 2.20 bits per heavy atom. The van der Waals surface area contributed by atoms with Crippen LogP contribution in [0.3, 0.4) is 0 Å². The van der Waals surface area contributed by atoms with Crippen molar-refractivity contribution in [3.63, 3.8) is 0 Å². The van der Waals surface area contributed by atoms with Crippen molar-refractivity contribution < 1.29 is 23.9 Å². The third-order valence-electron chi connectivity index (χ3n) is 3.93. The first-order valence-electron chi connectivity index (χ1n) is 8.19. The van der Waals surface area contributed by atoms with Gasteiger partial charge in [-0.15, -0.1) is 0 Å². The van der Waals surface area contributed by atoms with Crippen molar-refractivity contribution in [3.05, 3.63) is 24.0 Å². The maximum Gasteiger partial charge on any atom is 0.417 e. The highest BCUT2D eigenvalue weighted by atomic mass is 16.6. The molecular formula is C18H26N2O5. The Balaban J connectivity index is 2.45. The molecule has 0 aromatic carbocycles. The lowest BCUT2D eigenvalue weighted by molar-refractivity contribution is -0.165. The second kappa shape index (κ2) is 6.20. The molecule has 2 amide bonds. The van der Waals surface area contributed by atoms with Crippen molar-refractivity contribution in [1.29, 1.82) is 0 Å². The van der Waals surface area contributed by atoms with Crippen LogP contribution in [0.2, 0.25) is 0 Å². The van der Waals surface area contributed by atoms with Gasteiger partial charge in [-0.25, -0.2) is 9.59 Å². The van der Waals surface area contributed by atoms with Gasteiger partial charge in [0.2, 0.25) is 0 Å². The Hall–Kier alpha value is -2.31. The summed E-state index contributed by atoms with van der Waals surface area (Å²) in [6.45, 7) is 11.0. The van der Waals surface area contributed by atoms with Crippen LogP contribution in [0.15, 0.2) is 24.0 Å². The molecule has 0 N–H and O–H groups in total. The SMILES string of the molecule is COC(=O)N1C=C[C@H]2C(=C1)C(=O)N(C(C)(C)C)[C@H]2C(=O)OC(C)(C)C. The molecule has 2 atom stereocenters. The molecule has 138 valence electrons. The van der Waals surface area contributed by atoms with Crippen LogP contribution >= 0.6 is 0 Å². The van der Waals surface area contributed by atoms with Crippen LogP contribution in [-0.2, 0) is 19.1 Å². The van der Waals surface area contributed by atoms with E-state index in [4.69, 9.17) is 4.74 Å². The van der Waals surface area contributed by atoms with Crippen LogP contribution in [-0.4, -0.2) is 52.1 Å². The fraction of sp³-hybridized carbons (Fsp3) is 0.611. The average Bonchev–Trinajstić information content (AvgIpc) is 2.77. The van der Waals surface area contributed by atoms with Gasteiger partial charge >= 0.3 is 12.1 Å². The zero-order valence-electron chi connectivity index (χ0n) is 15.8. The minimum Gasteiger partial charge on any atom is -0.458 e. The molecular weight excluding hydrogens is 324 g/mol. The van der Waals surface area contributed by atoms with E-state index in [1.54, 1.807) is 26.8 Å². The summed E-state index contributed by atoms with van der Waals surface area (Å²) in [5.41, 5.74) is -0.869. The van der Waals surface area contributed by atoms with E-state index in [2.05, 4.69) is 4.74 Å². The van der Waals surface area contributed by atoms with Crippen LogP contribution in [0.5, 0.6) is 0 Å². The predicted molar refractivity (Wildman–Crippen MR) is 91.2 cm³/mol. The van der Waals surface area contributed by atoms with E-state index in [-0.39, 0.29) is 5.91 Å². The van der Waals surface area contributed by atoms with Gasteiger partial charge in [-0.3, -0.25) is 9.69 Å². The maximum absolute atomic E-state index is 13.0. The number of carbonyl (C=O) groups excluding carboxylic acids is 3. The number of hydrogen-bond donors (Lipinski definition) is 0. The van der Waals surface area contributed by atoms with Crippen molar-refractivity contribution in [2.45, 2.75) is 58.7 Å². The van der Waals surface area contributed by atoms with Gasteiger partial charge in [0.25, 0.3) is 5.91 Å². The fourth-order valence-electron chi connectivity index (χ4n) is 3.02.